The number of halogens is 2. The molecule has 0 radical (unpaired) electrons. The van der Waals surface area contributed by atoms with Gasteiger partial charge in [-0.1, -0.05) is 29.8 Å². The van der Waals surface area contributed by atoms with Crippen LogP contribution in [0.2, 0.25) is 5.02 Å². The van der Waals surface area contributed by atoms with Gasteiger partial charge in [-0.2, -0.15) is 0 Å². The largest absolute Gasteiger partial charge is 0.376 e. The Balaban J connectivity index is 2.44. The molecule has 0 saturated heterocycles. The fourth-order valence-corrected chi connectivity index (χ4v) is 1.81. The molecular formula is C14H20ClFN2O. The molecule has 0 aliphatic rings. The third kappa shape index (κ3) is 5.70. The standard InChI is InChI=1S/C14H20ClFN2O/c1-10(2)9-19-6-5-18-14(8-17)11-3-4-13(16)12(15)7-11/h3-4,7,14,18H,1,5-6,8-9,17H2,2H3. The van der Waals surface area contributed by atoms with Gasteiger partial charge in [-0.25, -0.2) is 4.39 Å². The van der Waals surface area contributed by atoms with Gasteiger partial charge >= 0.3 is 0 Å². The summed E-state index contributed by atoms with van der Waals surface area (Å²) in [7, 11) is 0. The third-order valence-electron chi connectivity index (χ3n) is 2.57. The molecule has 0 saturated carbocycles. The van der Waals surface area contributed by atoms with E-state index in [2.05, 4.69) is 11.9 Å². The molecule has 0 bridgehead atoms. The summed E-state index contributed by atoms with van der Waals surface area (Å²) in [5.41, 5.74) is 7.56. The van der Waals surface area contributed by atoms with Crippen molar-refractivity contribution in [3.63, 3.8) is 0 Å². The van der Waals surface area contributed by atoms with Gasteiger partial charge in [0.15, 0.2) is 0 Å². The number of hydrogen-bond donors (Lipinski definition) is 2. The van der Waals surface area contributed by atoms with E-state index in [0.29, 0.717) is 26.3 Å². The van der Waals surface area contributed by atoms with Gasteiger partial charge in [0.1, 0.15) is 5.82 Å². The molecule has 1 unspecified atom stereocenters. The van der Waals surface area contributed by atoms with E-state index in [4.69, 9.17) is 22.1 Å². The van der Waals surface area contributed by atoms with Crippen molar-refractivity contribution in [1.29, 1.82) is 0 Å². The van der Waals surface area contributed by atoms with Gasteiger partial charge in [0.05, 0.1) is 18.2 Å². The molecule has 0 aromatic heterocycles. The highest BCUT2D eigenvalue weighted by molar-refractivity contribution is 6.30. The zero-order chi connectivity index (χ0) is 14.3. The van der Waals surface area contributed by atoms with Crippen molar-refractivity contribution in [2.24, 2.45) is 5.73 Å². The summed E-state index contributed by atoms with van der Waals surface area (Å²) in [6.07, 6.45) is 0. The first-order valence-corrected chi connectivity index (χ1v) is 6.53. The number of rotatable bonds is 8. The second kappa shape index (κ2) is 8.27. The Kier molecular flexibility index (Phi) is 7.02. The van der Waals surface area contributed by atoms with Gasteiger partial charge in [0.2, 0.25) is 0 Å². The average molecular weight is 287 g/mol. The first kappa shape index (κ1) is 16.1. The Hall–Kier alpha value is -0.940. The van der Waals surface area contributed by atoms with E-state index in [1.807, 2.05) is 6.92 Å². The van der Waals surface area contributed by atoms with E-state index in [1.54, 1.807) is 12.1 Å². The summed E-state index contributed by atoms with van der Waals surface area (Å²) in [6.45, 7) is 7.85. The van der Waals surface area contributed by atoms with Crippen LogP contribution in [0.4, 0.5) is 4.39 Å². The molecule has 0 aliphatic heterocycles. The zero-order valence-electron chi connectivity index (χ0n) is 11.1. The van der Waals surface area contributed by atoms with Crippen LogP contribution in [0.25, 0.3) is 0 Å². The molecule has 1 atom stereocenters. The van der Waals surface area contributed by atoms with E-state index >= 15 is 0 Å². The van der Waals surface area contributed by atoms with Crippen LogP contribution in [0.1, 0.15) is 18.5 Å². The molecule has 3 nitrogen and oxygen atoms in total. The van der Waals surface area contributed by atoms with Crippen LogP contribution in [0, 0.1) is 5.82 Å². The molecule has 0 fully saturated rings. The van der Waals surface area contributed by atoms with Crippen LogP contribution in [0.3, 0.4) is 0 Å². The molecule has 106 valence electrons. The lowest BCUT2D eigenvalue weighted by Crippen LogP contribution is -2.31. The highest BCUT2D eigenvalue weighted by Crippen LogP contribution is 2.20. The summed E-state index contributed by atoms with van der Waals surface area (Å²) in [5.74, 6) is -0.425. The minimum Gasteiger partial charge on any atom is -0.376 e. The van der Waals surface area contributed by atoms with E-state index < -0.39 is 5.82 Å². The summed E-state index contributed by atoms with van der Waals surface area (Å²) in [5, 5.41) is 3.35. The normalized spacial score (nSPS) is 12.4. The maximum atomic E-state index is 13.1. The zero-order valence-corrected chi connectivity index (χ0v) is 11.8. The van der Waals surface area contributed by atoms with Crippen LogP contribution in [0.5, 0.6) is 0 Å². The van der Waals surface area contributed by atoms with Crippen molar-refractivity contribution in [3.05, 3.63) is 46.8 Å². The monoisotopic (exact) mass is 286 g/mol. The molecule has 3 N–H and O–H groups in total. The second-order valence-corrected chi connectivity index (χ2v) is 4.83. The summed E-state index contributed by atoms with van der Waals surface area (Å²) in [4.78, 5) is 0. The number of ether oxygens (including phenoxy) is 1. The van der Waals surface area contributed by atoms with Crippen LogP contribution < -0.4 is 11.1 Å². The Morgan fingerprint density at radius 2 is 2.32 bits per heavy atom. The Morgan fingerprint density at radius 3 is 2.89 bits per heavy atom. The maximum absolute atomic E-state index is 13.1. The summed E-state index contributed by atoms with van der Waals surface area (Å²) in [6, 6.07) is 4.56. The maximum Gasteiger partial charge on any atom is 0.141 e. The molecule has 19 heavy (non-hydrogen) atoms. The van der Waals surface area contributed by atoms with Crippen LogP contribution in [-0.2, 0) is 4.74 Å². The molecular weight excluding hydrogens is 267 g/mol. The third-order valence-corrected chi connectivity index (χ3v) is 2.86. The van der Waals surface area contributed by atoms with Gasteiger partial charge in [-0.3, -0.25) is 0 Å². The van der Waals surface area contributed by atoms with Crippen molar-refractivity contribution >= 4 is 11.6 Å². The fourth-order valence-electron chi connectivity index (χ4n) is 1.62. The van der Waals surface area contributed by atoms with Gasteiger partial charge in [0.25, 0.3) is 0 Å². The topological polar surface area (TPSA) is 47.3 Å². The van der Waals surface area contributed by atoms with Crippen LogP contribution in [-0.4, -0.2) is 26.3 Å². The number of nitrogens with two attached hydrogens (primary N) is 1. The van der Waals surface area contributed by atoms with Crippen molar-refractivity contribution in [2.75, 3.05) is 26.3 Å². The second-order valence-electron chi connectivity index (χ2n) is 4.43. The van der Waals surface area contributed by atoms with Gasteiger partial charge in [-0.05, 0) is 24.6 Å². The quantitative estimate of drug-likeness (QED) is 0.570. The summed E-state index contributed by atoms with van der Waals surface area (Å²) < 4.78 is 18.5. The Morgan fingerprint density at radius 1 is 1.58 bits per heavy atom. The van der Waals surface area contributed by atoms with E-state index in [9.17, 15) is 4.39 Å². The van der Waals surface area contributed by atoms with Gasteiger partial charge in [-0.15, -0.1) is 0 Å². The average Bonchev–Trinajstić information content (AvgIpc) is 2.37. The van der Waals surface area contributed by atoms with Crippen molar-refractivity contribution in [3.8, 4) is 0 Å². The molecule has 0 amide bonds. The van der Waals surface area contributed by atoms with E-state index in [0.717, 1.165) is 11.1 Å². The first-order chi connectivity index (χ1) is 9.04. The SMILES string of the molecule is C=C(C)COCCNC(CN)c1ccc(F)c(Cl)c1. The molecule has 0 spiro atoms. The Bertz CT molecular complexity index is 426. The highest BCUT2D eigenvalue weighted by Gasteiger charge is 2.10. The fraction of sp³-hybridized carbons (Fsp3) is 0.429. The van der Waals surface area contributed by atoms with Crippen molar-refractivity contribution in [2.45, 2.75) is 13.0 Å². The Labute approximate surface area is 118 Å². The minimum absolute atomic E-state index is 0.0634. The molecule has 0 heterocycles. The molecule has 0 aliphatic carbocycles. The number of hydrogen-bond acceptors (Lipinski definition) is 3. The van der Waals surface area contributed by atoms with Gasteiger partial charge in [0, 0.05) is 19.1 Å². The minimum atomic E-state index is -0.425. The first-order valence-electron chi connectivity index (χ1n) is 6.15. The molecule has 5 heteroatoms. The summed E-state index contributed by atoms with van der Waals surface area (Å²) >= 11 is 5.76. The molecule has 1 aromatic carbocycles. The lowest BCUT2D eigenvalue weighted by atomic mass is 10.1. The van der Waals surface area contributed by atoms with Crippen molar-refractivity contribution in [1.82, 2.24) is 5.32 Å². The number of benzene rings is 1. The lowest BCUT2D eigenvalue weighted by molar-refractivity contribution is 0.155. The van der Waals surface area contributed by atoms with E-state index in [-0.39, 0.29) is 11.1 Å². The molecule has 1 rings (SSSR count). The van der Waals surface area contributed by atoms with Crippen molar-refractivity contribution < 1.29 is 9.13 Å². The predicted molar refractivity (Wildman–Crippen MR) is 76.8 cm³/mol. The predicted octanol–water partition coefficient (Wildman–Crippen LogP) is 2.66. The molecule has 1 aromatic rings. The van der Waals surface area contributed by atoms with E-state index in [1.165, 1.54) is 6.07 Å². The highest BCUT2D eigenvalue weighted by atomic mass is 35.5. The smallest absolute Gasteiger partial charge is 0.141 e. The van der Waals surface area contributed by atoms with Crippen LogP contribution >= 0.6 is 11.6 Å². The number of nitrogens with one attached hydrogen (secondary N) is 1. The van der Waals surface area contributed by atoms with Crippen LogP contribution in [0.15, 0.2) is 30.4 Å². The van der Waals surface area contributed by atoms with Gasteiger partial charge < -0.3 is 15.8 Å². The lowest BCUT2D eigenvalue weighted by Gasteiger charge is -2.17.